The molecule has 5 heteroatoms. The number of halogens is 1. The van der Waals surface area contributed by atoms with Crippen molar-refractivity contribution in [2.24, 2.45) is 11.7 Å². The second-order valence-corrected chi connectivity index (χ2v) is 6.23. The summed E-state index contributed by atoms with van der Waals surface area (Å²) in [7, 11) is 4.04. The number of likely N-dealkylation sites (N-methyl/N-ethyl adjacent to an activating group) is 1. The zero-order valence-corrected chi connectivity index (χ0v) is 14.1. The minimum Gasteiger partial charge on any atom is -0.350 e. The Morgan fingerprint density at radius 3 is 2.26 bits per heavy atom. The van der Waals surface area contributed by atoms with Crippen LogP contribution in [-0.2, 0) is 4.79 Å². The first kappa shape index (κ1) is 21.0. The molecule has 0 saturated carbocycles. The molecule has 0 rings (SSSR count). The largest absolute Gasteiger partial charge is 0.350 e. The fourth-order valence-corrected chi connectivity index (χ4v) is 2.17. The lowest BCUT2D eigenvalue weighted by Crippen LogP contribution is -2.55. The molecule has 116 valence electrons. The summed E-state index contributed by atoms with van der Waals surface area (Å²) in [4.78, 5) is 14.3. The number of nitrogens with two attached hydrogens (primary N) is 1. The number of carbonyl (C=O) groups is 1. The number of rotatable bonds is 8. The van der Waals surface area contributed by atoms with E-state index in [4.69, 9.17) is 5.73 Å². The Bertz CT molecular complexity index is 245. The predicted molar refractivity (Wildman–Crippen MR) is 84.7 cm³/mol. The molecule has 19 heavy (non-hydrogen) atoms. The van der Waals surface area contributed by atoms with Gasteiger partial charge in [0.15, 0.2) is 0 Å². The monoisotopic (exact) mass is 293 g/mol. The van der Waals surface area contributed by atoms with E-state index < -0.39 is 5.54 Å². The van der Waals surface area contributed by atoms with Crippen LogP contribution in [0.5, 0.6) is 0 Å². The van der Waals surface area contributed by atoms with E-state index >= 15 is 0 Å². The Balaban J connectivity index is 0. The highest BCUT2D eigenvalue weighted by Gasteiger charge is 2.29. The van der Waals surface area contributed by atoms with Crippen molar-refractivity contribution < 1.29 is 4.79 Å². The summed E-state index contributed by atoms with van der Waals surface area (Å²) < 4.78 is 0. The normalized spacial score (nSPS) is 15.8. The smallest absolute Gasteiger partial charge is 0.240 e. The topological polar surface area (TPSA) is 58.4 Å². The molecule has 0 aliphatic heterocycles. The molecule has 3 N–H and O–H groups in total. The second-order valence-electron chi connectivity index (χ2n) is 6.23. The van der Waals surface area contributed by atoms with Crippen molar-refractivity contribution in [1.82, 2.24) is 10.2 Å². The van der Waals surface area contributed by atoms with Crippen LogP contribution in [0.15, 0.2) is 0 Å². The Hall–Kier alpha value is -0.320. The molecule has 2 unspecified atom stereocenters. The van der Waals surface area contributed by atoms with Crippen LogP contribution >= 0.6 is 12.4 Å². The predicted octanol–water partition coefficient (Wildman–Crippen LogP) is 2.02. The van der Waals surface area contributed by atoms with Gasteiger partial charge in [-0.2, -0.15) is 0 Å². The molecule has 0 bridgehead atoms. The van der Waals surface area contributed by atoms with Gasteiger partial charge in [-0.1, -0.05) is 27.2 Å². The third kappa shape index (κ3) is 9.25. The van der Waals surface area contributed by atoms with E-state index in [1.165, 1.54) is 0 Å². The van der Waals surface area contributed by atoms with Gasteiger partial charge in [0.2, 0.25) is 5.91 Å². The van der Waals surface area contributed by atoms with Crippen molar-refractivity contribution in [3.63, 3.8) is 0 Å². The summed E-state index contributed by atoms with van der Waals surface area (Å²) in [5.74, 6) is 0.530. The zero-order chi connectivity index (χ0) is 14.3. The molecule has 4 nitrogen and oxygen atoms in total. The minimum absolute atomic E-state index is 0. The Morgan fingerprint density at radius 1 is 1.37 bits per heavy atom. The summed E-state index contributed by atoms with van der Waals surface area (Å²) in [6, 6.07) is 0.173. The Kier molecular flexibility index (Phi) is 10.6. The highest BCUT2D eigenvalue weighted by Crippen LogP contribution is 2.11. The number of amides is 1. The lowest BCUT2D eigenvalue weighted by molar-refractivity contribution is -0.127. The molecule has 0 aliphatic rings. The van der Waals surface area contributed by atoms with Crippen molar-refractivity contribution in [2.45, 2.75) is 58.5 Å². The first-order valence-corrected chi connectivity index (χ1v) is 6.93. The van der Waals surface area contributed by atoms with Gasteiger partial charge in [-0.25, -0.2) is 0 Å². The van der Waals surface area contributed by atoms with Crippen LogP contribution in [0.4, 0.5) is 0 Å². The van der Waals surface area contributed by atoms with Crippen LogP contribution in [-0.4, -0.2) is 43.0 Å². The maximum Gasteiger partial charge on any atom is 0.240 e. The molecule has 0 aromatic heterocycles. The first-order chi connectivity index (χ1) is 8.19. The number of nitrogens with zero attached hydrogens (tertiary/aromatic N) is 1. The van der Waals surface area contributed by atoms with Crippen LogP contribution in [0, 0.1) is 5.92 Å². The summed E-state index contributed by atoms with van der Waals surface area (Å²) in [6.45, 7) is 9.05. The molecule has 0 aromatic carbocycles. The molecule has 0 radical (unpaired) electrons. The second kappa shape index (κ2) is 9.56. The van der Waals surface area contributed by atoms with Crippen LogP contribution in [0.1, 0.15) is 47.0 Å². The van der Waals surface area contributed by atoms with Gasteiger partial charge in [-0.3, -0.25) is 4.79 Å². The van der Waals surface area contributed by atoms with Gasteiger partial charge in [0, 0.05) is 12.6 Å². The number of hydrogen-bond acceptors (Lipinski definition) is 3. The number of carbonyl (C=O) groups excluding carboxylic acids is 1. The van der Waals surface area contributed by atoms with Gasteiger partial charge in [-0.15, -0.1) is 12.4 Å². The van der Waals surface area contributed by atoms with Gasteiger partial charge in [0.25, 0.3) is 0 Å². The molecule has 0 saturated heterocycles. The van der Waals surface area contributed by atoms with E-state index in [2.05, 4.69) is 24.1 Å². The van der Waals surface area contributed by atoms with Gasteiger partial charge < -0.3 is 16.0 Å². The van der Waals surface area contributed by atoms with Crippen molar-refractivity contribution in [2.75, 3.05) is 20.6 Å². The summed E-state index contributed by atoms with van der Waals surface area (Å²) >= 11 is 0. The average Bonchev–Trinajstić information content (AvgIpc) is 2.14. The van der Waals surface area contributed by atoms with Crippen LogP contribution in [0.3, 0.4) is 0 Å². The van der Waals surface area contributed by atoms with E-state index in [1.54, 1.807) is 0 Å². The molecule has 2 atom stereocenters. The van der Waals surface area contributed by atoms with Crippen LogP contribution in [0.25, 0.3) is 0 Å². The maximum atomic E-state index is 12.2. The van der Waals surface area contributed by atoms with Gasteiger partial charge in [0.1, 0.15) is 0 Å². The lowest BCUT2D eigenvalue weighted by atomic mass is 9.95. The quantitative estimate of drug-likeness (QED) is 0.720. The third-order valence-corrected chi connectivity index (χ3v) is 2.96. The van der Waals surface area contributed by atoms with E-state index in [-0.39, 0.29) is 24.4 Å². The molecule has 0 spiro atoms. The lowest BCUT2D eigenvalue weighted by Gasteiger charge is -2.29. The van der Waals surface area contributed by atoms with Gasteiger partial charge in [0.05, 0.1) is 5.54 Å². The highest BCUT2D eigenvalue weighted by molar-refractivity contribution is 5.86. The minimum atomic E-state index is -0.754. The molecular formula is C14H32ClN3O. The third-order valence-electron chi connectivity index (χ3n) is 2.96. The van der Waals surface area contributed by atoms with Crippen molar-refractivity contribution in [3.05, 3.63) is 0 Å². The molecule has 1 amide bonds. The summed E-state index contributed by atoms with van der Waals surface area (Å²) in [5, 5.41) is 3.10. The fraction of sp³-hybridized carbons (Fsp3) is 0.929. The highest BCUT2D eigenvalue weighted by atomic mass is 35.5. The molecule has 0 aromatic rings. The van der Waals surface area contributed by atoms with Crippen molar-refractivity contribution in [3.8, 4) is 0 Å². The average molecular weight is 294 g/mol. The van der Waals surface area contributed by atoms with Crippen molar-refractivity contribution >= 4 is 18.3 Å². The van der Waals surface area contributed by atoms with Gasteiger partial charge in [-0.05, 0) is 39.8 Å². The van der Waals surface area contributed by atoms with Crippen LogP contribution in [0.2, 0.25) is 0 Å². The van der Waals surface area contributed by atoms with E-state index in [0.717, 1.165) is 25.8 Å². The van der Waals surface area contributed by atoms with Crippen molar-refractivity contribution in [1.29, 1.82) is 0 Å². The first-order valence-electron chi connectivity index (χ1n) is 6.93. The molecule has 0 heterocycles. The zero-order valence-electron chi connectivity index (χ0n) is 13.3. The van der Waals surface area contributed by atoms with E-state index in [1.807, 2.05) is 27.9 Å². The fourth-order valence-electron chi connectivity index (χ4n) is 2.17. The standard InChI is InChI=1S/C14H31N3O.ClH/c1-7-8-14(4,15)13(18)16-12(9-11(2)3)10-17(5)6;/h11-12H,7-10,15H2,1-6H3,(H,16,18);1H. The Morgan fingerprint density at radius 2 is 1.89 bits per heavy atom. The molecular weight excluding hydrogens is 262 g/mol. The van der Waals surface area contributed by atoms with E-state index in [9.17, 15) is 4.79 Å². The molecule has 0 fully saturated rings. The molecule has 0 aliphatic carbocycles. The number of hydrogen-bond donors (Lipinski definition) is 2. The Labute approximate surface area is 124 Å². The van der Waals surface area contributed by atoms with Gasteiger partial charge >= 0.3 is 0 Å². The SMILES string of the molecule is CCCC(C)(N)C(=O)NC(CC(C)C)CN(C)C.Cl. The van der Waals surface area contributed by atoms with E-state index in [0.29, 0.717) is 5.92 Å². The maximum absolute atomic E-state index is 12.2. The summed E-state index contributed by atoms with van der Waals surface area (Å²) in [6.07, 6.45) is 2.62. The summed E-state index contributed by atoms with van der Waals surface area (Å²) in [5.41, 5.74) is 5.30. The number of nitrogens with one attached hydrogen (secondary N) is 1. The van der Waals surface area contributed by atoms with Crippen LogP contribution < -0.4 is 11.1 Å².